The first-order valence-electron chi connectivity index (χ1n) is 10.5. The summed E-state index contributed by atoms with van der Waals surface area (Å²) in [6.07, 6.45) is 3.70. The van der Waals surface area contributed by atoms with E-state index in [2.05, 4.69) is 10.3 Å². The summed E-state index contributed by atoms with van der Waals surface area (Å²) in [6, 6.07) is 9.34. The van der Waals surface area contributed by atoms with Crippen molar-refractivity contribution in [3.05, 3.63) is 47.8 Å². The molecule has 4 rings (SSSR count). The minimum Gasteiger partial charge on any atom is -0.484 e. The minimum atomic E-state index is -0.122. The van der Waals surface area contributed by atoms with Gasteiger partial charge in [0.05, 0.1) is 5.69 Å². The Hall–Kier alpha value is -3.42. The number of rotatable bonds is 5. The van der Waals surface area contributed by atoms with E-state index in [9.17, 15) is 9.59 Å². The van der Waals surface area contributed by atoms with Gasteiger partial charge in [0.2, 0.25) is 5.91 Å². The number of benzene rings is 1. The highest BCUT2D eigenvalue weighted by Gasteiger charge is 2.28. The van der Waals surface area contributed by atoms with Crippen molar-refractivity contribution in [1.29, 1.82) is 0 Å². The van der Waals surface area contributed by atoms with Crippen molar-refractivity contribution in [2.24, 2.45) is 7.05 Å². The number of anilines is 1. The van der Waals surface area contributed by atoms with Crippen molar-refractivity contribution in [1.82, 2.24) is 19.7 Å². The Balaban J connectivity index is 1.40. The van der Waals surface area contributed by atoms with E-state index in [1.165, 1.54) is 6.92 Å². The molecule has 0 bridgehead atoms. The quantitative estimate of drug-likeness (QED) is 0.684. The van der Waals surface area contributed by atoms with Gasteiger partial charge >= 0.3 is 0 Å². The fourth-order valence-corrected chi connectivity index (χ4v) is 4.14. The Bertz CT molecular complexity index is 1120. The van der Waals surface area contributed by atoms with E-state index in [0.717, 1.165) is 47.4 Å². The first-order chi connectivity index (χ1) is 14.9. The maximum absolute atomic E-state index is 12.8. The summed E-state index contributed by atoms with van der Waals surface area (Å²) in [4.78, 5) is 30.3. The molecule has 2 aromatic heterocycles. The zero-order chi connectivity index (χ0) is 22.0. The summed E-state index contributed by atoms with van der Waals surface area (Å²) in [5.41, 5.74) is 3.49. The average molecular weight is 422 g/mol. The molecule has 1 N–H and O–H groups in total. The van der Waals surface area contributed by atoms with Gasteiger partial charge in [0.25, 0.3) is 5.91 Å². The summed E-state index contributed by atoms with van der Waals surface area (Å²) in [5.74, 6) is 0.634. The van der Waals surface area contributed by atoms with Gasteiger partial charge in [0, 0.05) is 50.2 Å². The fourth-order valence-electron chi connectivity index (χ4n) is 4.14. The summed E-state index contributed by atoms with van der Waals surface area (Å²) in [6.45, 7) is 4.70. The van der Waals surface area contributed by atoms with Gasteiger partial charge in [-0.1, -0.05) is 0 Å². The molecule has 0 saturated carbocycles. The lowest BCUT2D eigenvalue weighted by molar-refractivity contribution is -0.134. The van der Waals surface area contributed by atoms with Crippen LogP contribution >= 0.6 is 0 Å². The van der Waals surface area contributed by atoms with Gasteiger partial charge in [-0.25, -0.2) is 4.98 Å². The number of aryl methyl sites for hydroxylation is 2. The number of aromatic nitrogens is 3. The van der Waals surface area contributed by atoms with Crippen molar-refractivity contribution >= 4 is 28.5 Å². The number of carbonyl (C=O) groups is 2. The van der Waals surface area contributed by atoms with Crippen LogP contribution in [0.5, 0.6) is 5.75 Å². The molecule has 8 heteroatoms. The van der Waals surface area contributed by atoms with Crippen LogP contribution in [-0.4, -0.2) is 51.2 Å². The molecule has 1 fully saturated rings. The standard InChI is InChI=1S/C23H27N5O3/c1-15-12-18(8-9-20(15)25-16(2)29)31-14-21(30)28-11-5-6-17(13-28)22-19-7-4-10-24-23(19)27(3)26-22/h4,7-10,12,17H,5-6,11,13-14H2,1-3H3,(H,25,29). The van der Waals surface area contributed by atoms with Crippen LogP contribution in [0.15, 0.2) is 36.5 Å². The second kappa shape index (κ2) is 8.75. The number of fused-ring (bicyclic) bond motifs is 1. The third-order valence-electron chi connectivity index (χ3n) is 5.66. The fraction of sp³-hybridized carbons (Fsp3) is 0.391. The lowest BCUT2D eigenvalue weighted by Gasteiger charge is -2.32. The van der Waals surface area contributed by atoms with Crippen molar-refractivity contribution < 1.29 is 14.3 Å². The van der Waals surface area contributed by atoms with Crippen LogP contribution in [0.25, 0.3) is 11.0 Å². The molecule has 2 amide bonds. The van der Waals surface area contributed by atoms with Crippen molar-refractivity contribution in [3.8, 4) is 5.75 Å². The topological polar surface area (TPSA) is 89.4 Å². The monoisotopic (exact) mass is 421 g/mol. The van der Waals surface area contributed by atoms with E-state index < -0.39 is 0 Å². The zero-order valence-electron chi connectivity index (χ0n) is 18.1. The summed E-state index contributed by atoms with van der Waals surface area (Å²) < 4.78 is 7.55. The molecule has 3 aromatic rings. The average Bonchev–Trinajstić information content (AvgIpc) is 3.10. The van der Waals surface area contributed by atoms with Crippen molar-refractivity contribution in [2.75, 3.05) is 25.0 Å². The number of nitrogens with one attached hydrogen (secondary N) is 1. The number of likely N-dealkylation sites (tertiary alicyclic amines) is 1. The van der Waals surface area contributed by atoms with Gasteiger partial charge in [-0.3, -0.25) is 14.3 Å². The smallest absolute Gasteiger partial charge is 0.260 e. The third-order valence-corrected chi connectivity index (χ3v) is 5.66. The molecule has 3 heterocycles. The highest BCUT2D eigenvalue weighted by molar-refractivity contribution is 5.89. The molecule has 0 spiro atoms. The highest BCUT2D eigenvalue weighted by Crippen LogP contribution is 2.31. The maximum Gasteiger partial charge on any atom is 0.260 e. The molecule has 31 heavy (non-hydrogen) atoms. The van der Waals surface area contributed by atoms with E-state index in [0.29, 0.717) is 12.3 Å². The Kier molecular flexibility index (Phi) is 5.88. The van der Waals surface area contributed by atoms with E-state index in [-0.39, 0.29) is 24.3 Å². The van der Waals surface area contributed by atoms with Crippen LogP contribution < -0.4 is 10.1 Å². The Labute approximate surface area is 181 Å². The normalized spacial score (nSPS) is 16.4. The van der Waals surface area contributed by atoms with Crippen LogP contribution in [0.2, 0.25) is 0 Å². The van der Waals surface area contributed by atoms with Gasteiger partial charge in [-0.2, -0.15) is 5.10 Å². The molecular formula is C23H27N5O3. The van der Waals surface area contributed by atoms with E-state index in [4.69, 9.17) is 9.84 Å². The molecule has 1 aromatic carbocycles. The maximum atomic E-state index is 12.8. The zero-order valence-corrected chi connectivity index (χ0v) is 18.1. The molecule has 8 nitrogen and oxygen atoms in total. The Morgan fingerprint density at radius 1 is 1.29 bits per heavy atom. The second-order valence-corrected chi connectivity index (χ2v) is 8.01. The SMILES string of the molecule is CC(=O)Nc1ccc(OCC(=O)N2CCCC(c3nn(C)c4ncccc34)C2)cc1C. The Morgan fingerprint density at radius 3 is 2.90 bits per heavy atom. The first-order valence-corrected chi connectivity index (χ1v) is 10.5. The summed E-state index contributed by atoms with van der Waals surface area (Å²) >= 11 is 0. The molecule has 1 aliphatic heterocycles. The highest BCUT2D eigenvalue weighted by atomic mass is 16.5. The predicted molar refractivity (Wildman–Crippen MR) is 118 cm³/mol. The summed E-state index contributed by atoms with van der Waals surface area (Å²) in [7, 11) is 1.90. The lowest BCUT2D eigenvalue weighted by atomic mass is 9.93. The van der Waals surface area contributed by atoms with Gasteiger partial charge in [-0.05, 0) is 55.7 Å². The second-order valence-electron chi connectivity index (χ2n) is 8.01. The number of ether oxygens (including phenoxy) is 1. The van der Waals surface area contributed by atoms with E-state index in [1.807, 2.05) is 41.8 Å². The van der Waals surface area contributed by atoms with Crippen LogP contribution in [0.3, 0.4) is 0 Å². The van der Waals surface area contributed by atoms with Crippen LogP contribution in [0.1, 0.15) is 36.9 Å². The number of carbonyl (C=O) groups excluding carboxylic acids is 2. The molecule has 0 aliphatic carbocycles. The largest absolute Gasteiger partial charge is 0.484 e. The number of hydrogen-bond acceptors (Lipinski definition) is 5. The van der Waals surface area contributed by atoms with Crippen LogP contribution in [0.4, 0.5) is 5.69 Å². The predicted octanol–water partition coefficient (Wildman–Crippen LogP) is 3.02. The lowest BCUT2D eigenvalue weighted by Crippen LogP contribution is -2.41. The molecule has 1 aliphatic rings. The molecule has 0 radical (unpaired) electrons. The minimum absolute atomic E-state index is 0.0177. The van der Waals surface area contributed by atoms with E-state index >= 15 is 0 Å². The van der Waals surface area contributed by atoms with Gasteiger partial charge in [0.15, 0.2) is 12.3 Å². The first kappa shape index (κ1) is 20.8. The summed E-state index contributed by atoms with van der Waals surface area (Å²) in [5, 5.41) is 8.52. The van der Waals surface area contributed by atoms with E-state index in [1.54, 1.807) is 18.3 Å². The van der Waals surface area contributed by atoms with Gasteiger partial charge in [-0.15, -0.1) is 0 Å². The van der Waals surface area contributed by atoms with Crippen molar-refractivity contribution in [3.63, 3.8) is 0 Å². The molecule has 1 saturated heterocycles. The van der Waals surface area contributed by atoms with Crippen LogP contribution in [0, 0.1) is 6.92 Å². The van der Waals surface area contributed by atoms with Crippen molar-refractivity contribution in [2.45, 2.75) is 32.6 Å². The van der Waals surface area contributed by atoms with Gasteiger partial charge < -0.3 is 15.0 Å². The molecular weight excluding hydrogens is 394 g/mol. The molecule has 1 unspecified atom stereocenters. The third kappa shape index (κ3) is 4.52. The molecule has 1 atom stereocenters. The number of hydrogen-bond donors (Lipinski definition) is 1. The van der Waals surface area contributed by atoms with Crippen LogP contribution in [-0.2, 0) is 16.6 Å². The molecule has 162 valence electrons. The number of nitrogens with zero attached hydrogens (tertiary/aromatic N) is 4. The Morgan fingerprint density at radius 2 is 2.13 bits per heavy atom. The number of pyridine rings is 1. The number of amides is 2. The van der Waals surface area contributed by atoms with Gasteiger partial charge in [0.1, 0.15) is 5.75 Å². The number of piperidine rings is 1.